The molecule has 18 heavy (non-hydrogen) atoms. The molecule has 0 aliphatic rings. The Bertz CT molecular complexity index is 491. The van der Waals surface area contributed by atoms with Gasteiger partial charge < -0.3 is 17.0 Å². The summed E-state index contributed by atoms with van der Waals surface area (Å²) in [4.78, 5) is 0. The van der Waals surface area contributed by atoms with Crippen LogP contribution in [0.15, 0.2) is 36.7 Å². The minimum Gasteiger partial charge on any atom is -1.00 e. The molecule has 2 nitrogen and oxygen atoms in total. The summed E-state index contributed by atoms with van der Waals surface area (Å²) in [6.45, 7) is 6.34. The fourth-order valence-electron chi connectivity index (χ4n) is 1.97. The first-order valence-electron chi connectivity index (χ1n) is 6.00. The van der Waals surface area contributed by atoms with E-state index in [1.54, 1.807) is 0 Å². The summed E-state index contributed by atoms with van der Waals surface area (Å²) in [7, 11) is 0. The molecule has 2 aromatic rings. The normalized spacial score (nSPS) is 10.2. The van der Waals surface area contributed by atoms with Crippen molar-refractivity contribution in [2.45, 2.75) is 33.4 Å². The van der Waals surface area contributed by atoms with E-state index in [-0.39, 0.29) is 17.0 Å². The summed E-state index contributed by atoms with van der Waals surface area (Å²) in [6.07, 6.45) is 5.45. The van der Waals surface area contributed by atoms with Gasteiger partial charge in [0.05, 0.1) is 6.54 Å². The molecule has 2 rings (SSSR count). The van der Waals surface area contributed by atoms with E-state index < -0.39 is 0 Å². The number of hydrogen-bond acceptors (Lipinski definition) is 0. The van der Waals surface area contributed by atoms with Crippen molar-refractivity contribution in [2.75, 3.05) is 0 Å². The molecule has 1 aromatic carbocycles. The predicted molar refractivity (Wildman–Crippen MR) is 70.2 cm³/mol. The van der Waals surface area contributed by atoms with E-state index in [1.807, 2.05) is 12.1 Å². The third kappa shape index (κ3) is 3.59. The molecule has 98 valence electrons. The fourth-order valence-corrected chi connectivity index (χ4v) is 2.10. The smallest absolute Gasteiger partial charge is 0.253 e. The molecule has 4 heteroatoms. The molecule has 0 unspecified atom stereocenters. The van der Waals surface area contributed by atoms with Gasteiger partial charge in [0.15, 0.2) is 0 Å². The van der Waals surface area contributed by atoms with Crippen LogP contribution in [0.2, 0.25) is 5.02 Å². The van der Waals surface area contributed by atoms with E-state index in [0.29, 0.717) is 0 Å². The van der Waals surface area contributed by atoms with Gasteiger partial charge in [0, 0.05) is 11.9 Å². The minimum atomic E-state index is 0. The first kappa shape index (κ1) is 15.3. The van der Waals surface area contributed by atoms with Crippen LogP contribution in [-0.4, -0.2) is 4.57 Å². The van der Waals surface area contributed by atoms with Gasteiger partial charge in [-0.3, -0.25) is 0 Å². The number of rotatable bonds is 4. The van der Waals surface area contributed by atoms with E-state index in [1.165, 1.54) is 11.4 Å². The van der Waals surface area contributed by atoms with Gasteiger partial charge in [-0.25, -0.2) is 9.13 Å². The van der Waals surface area contributed by atoms with Crippen molar-refractivity contribution in [3.8, 4) is 0 Å². The SMILES string of the molecule is CCCn1cc[n+](Cc2ccc(Cl)cc2)c1C.[Br-]. The zero-order valence-electron chi connectivity index (χ0n) is 10.7. The van der Waals surface area contributed by atoms with Crippen LogP contribution < -0.4 is 21.5 Å². The molecule has 0 saturated carbocycles. The largest absolute Gasteiger partial charge is 1.00 e. The Balaban J connectivity index is 0.00000162. The van der Waals surface area contributed by atoms with Gasteiger partial charge in [-0.1, -0.05) is 30.7 Å². The second-order valence-corrected chi connectivity index (χ2v) is 4.73. The van der Waals surface area contributed by atoms with Gasteiger partial charge in [0.1, 0.15) is 18.9 Å². The van der Waals surface area contributed by atoms with Crippen molar-refractivity contribution in [3.63, 3.8) is 0 Å². The van der Waals surface area contributed by atoms with Crippen molar-refractivity contribution < 1.29 is 21.5 Å². The van der Waals surface area contributed by atoms with Crippen molar-refractivity contribution in [2.24, 2.45) is 0 Å². The number of nitrogens with zero attached hydrogens (tertiary/aromatic N) is 2. The summed E-state index contributed by atoms with van der Waals surface area (Å²) in [5.74, 6) is 1.29. The van der Waals surface area contributed by atoms with Crippen LogP contribution in [0.25, 0.3) is 0 Å². The summed E-state index contributed by atoms with van der Waals surface area (Å²) in [5, 5.41) is 0.791. The average molecular weight is 330 g/mol. The maximum atomic E-state index is 5.88. The van der Waals surface area contributed by atoms with Gasteiger partial charge in [0.25, 0.3) is 5.82 Å². The molecule has 0 aliphatic heterocycles. The minimum absolute atomic E-state index is 0. The third-order valence-corrected chi connectivity index (χ3v) is 3.24. The Morgan fingerprint density at radius 2 is 1.89 bits per heavy atom. The highest BCUT2D eigenvalue weighted by Gasteiger charge is 2.11. The second-order valence-electron chi connectivity index (χ2n) is 4.29. The maximum Gasteiger partial charge on any atom is 0.253 e. The fraction of sp³-hybridized carbons (Fsp3) is 0.357. The van der Waals surface area contributed by atoms with Crippen LogP contribution in [0, 0.1) is 6.92 Å². The van der Waals surface area contributed by atoms with Crippen molar-refractivity contribution >= 4 is 11.6 Å². The molecule has 0 bridgehead atoms. The number of imidazole rings is 1. The predicted octanol–water partition coefficient (Wildman–Crippen LogP) is 0.200. The number of benzene rings is 1. The second kappa shape index (κ2) is 6.95. The van der Waals surface area contributed by atoms with Gasteiger partial charge in [0.2, 0.25) is 0 Å². The zero-order chi connectivity index (χ0) is 12.3. The highest BCUT2D eigenvalue weighted by Crippen LogP contribution is 2.09. The molecule has 0 atom stereocenters. The molecule has 1 aromatic heterocycles. The standard InChI is InChI=1S/C14H18ClN2.BrH/c1-3-8-16-9-10-17(12(16)2)11-13-4-6-14(15)7-5-13;/h4-7,9-10H,3,8,11H2,1-2H3;1H/q+1;/p-1. The number of halogens is 2. The van der Waals surface area contributed by atoms with Gasteiger partial charge in [-0.2, -0.15) is 0 Å². The lowest BCUT2D eigenvalue weighted by molar-refractivity contribution is -0.694. The molecule has 0 amide bonds. The molecule has 0 aliphatic carbocycles. The van der Waals surface area contributed by atoms with E-state index in [2.05, 4.69) is 47.5 Å². The van der Waals surface area contributed by atoms with E-state index in [9.17, 15) is 0 Å². The Hall–Kier alpha value is -0.800. The molecule has 0 N–H and O–H groups in total. The molecule has 0 fully saturated rings. The lowest BCUT2D eigenvalue weighted by atomic mass is 10.2. The molecule has 0 radical (unpaired) electrons. The van der Waals surface area contributed by atoms with Gasteiger partial charge >= 0.3 is 0 Å². The third-order valence-electron chi connectivity index (χ3n) is 2.99. The van der Waals surface area contributed by atoms with Crippen molar-refractivity contribution in [3.05, 3.63) is 53.1 Å². The Morgan fingerprint density at radius 3 is 2.50 bits per heavy atom. The quantitative estimate of drug-likeness (QED) is 0.709. The van der Waals surface area contributed by atoms with E-state index in [4.69, 9.17) is 11.6 Å². The van der Waals surface area contributed by atoms with E-state index >= 15 is 0 Å². The van der Waals surface area contributed by atoms with Crippen LogP contribution in [0.5, 0.6) is 0 Å². The summed E-state index contributed by atoms with van der Waals surface area (Å²) in [5.41, 5.74) is 1.27. The van der Waals surface area contributed by atoms with Gasteiger partial charge in [-0.15, -0.1) is 0 Å². The maximum absolute atomic E-state index is 5.88. The number of aromatic nitrogens is 2. The van der Waals surface area contributed by atoms with Crippen LogP contribution in [-0.2, 0) is 13.1 Å². The Labute approximate surface area is 124 Å². The first-order valence-corrected chi connectivity index (χ1v) is 6.38. The van der Waals surface area contributed by atoms with Crippen LogP contribution in [0.3, 0.4) is 0 Å². The average Bonchev–Trinajstić information content (AvgIpc) is 2.65. The molecule has 1 heterocycles. The van der Waals surface area contributed by atoms with Crippen molar-refractivity contribution in [1.82, 2.24) is 4.57 Å². The molecular weight excluding hydrogens is 312 g/mol. The van der Waals surface area contributed by atoms with E-state index in [0.717, 1.165) is 24.5 Å². The topological polar surface area (TPSA) is 8.81 Å². The number of hydrogen-bond donors (Lipinski definition) is 0. The monoisotopic (exact) mass is 328 g/mol. The summed E-state index contributed by atoms with van der Waals surface area (Å²) in [6, 6.07) is 8.03. The van der Waals surface area contributed by atoms with Gasteiger partial charge in [-0.05, 0) is 24.1 Å². The van der Waals surface area contributed by atoms with Crippen LogP contribution >= 0.6 is 11.6 Å². The van der Waals surface area contributed by atoms with Crippen LogP contribution in [0.1, 0.15) is 24.7 Å². The Morgan fingerprint density at radius 1 is 1.22 bits per heavy atom. The highest BCUT2D eigenvalue weighted by atomic mass is 79.9. The highest BCUT2D eigenvalue weighted by molar-refractivity contribution is 6.30. The summed E-state index contributed by atoms with van der Waals surface area (Å²) >= 11 is 5.88. The number of aryl methyl sites for hydroxylation is 1. The molecule has 0 saturated heterocycles. The van der Waals surface area contributed by atoms with Crippen molar-refractivity contribution in [1.29, 1.82) is 0 Å². The van der Waals surface area contributed by atoms with Crippen LogP contribution in [0.4, 0.5) is 0 Å². The zero-order valence-corrected chi connectivity index (χ0v) is 13.1. The summed E-state index contributed by atoms with van der Waals surface area (Å²) < 4.78 is 4.55. The lowest BCUT2D eigenvalue weighted by Crippen LogP contribution is -3.00. The first-order chi connectivity index (χ1) is 8.20. The lowest BCUT2D eigenvalue weighted by Gasteiger charge is -2.01. The molecular formula is C14H18BrClN2. The Kier molecular flexibility index (Phi) is 5.89. The molecule has 0 spiro atoms.